The molecule has 0 bridgehead atoms. The van der Waals surface area contributed by atoms with Crippen LogP contribution in [0.15, 0.2) is 12.4 Å². The third kappa shape index (κ3) is 2.92. The number of hydrogen-bond acceptors (Lipinski definition) is 5. The lowest BCUT2D eigenvalue weighted by Crippen LogP contribution is -2.15. The number of hydrogen-bond donors (Lipinski definition) is 0. The van der Waals surface area contributed by atoms with E-state index in [2.05, 4.69) is 29.0 Å². The van der Waals surface area contributed by atoms with Crippen LogP contribution in [0.3, 0.4) is 0 Å². The minimum atomic E-state index is -4.47. The standard InChI is InChI=1S/C19H19F3N6S/c1-4-12-10(3)29-18-15(12)17-24-16(26-27(17)8-23-18)9(2)28-13(11-5-6-11)7-14(25-28)19(20,21)22/h7-9,11H,4-6H2,1-3H3/t9-/m1/s1. The van der Waals surface area contributed by atoms with E-state index in [-0.39, 0.29) is 5.92 Å². The molecule has 29 heavy (non-hydrogen) atoms. The van der Waals surface area contributed by atoms with Crippen molar-refractivity contribution in [1.29, 1.82) is 0 Å². The molecule has 0 saturated heterocycles. The van der Waals surface area contributed by atoms with Crippen molar-refractivity contribution in [2.24, 2.45) is 0 Å². The molecule has 0 N–H and O–H groups in total. The van der Waals surface area contributed by atoms with Crippen LogP contribution in [0.2, 0.25) is 0 Å². The number of aromatic nitrogens is 6. The van der Waals surface area contributed by atoms with Gasteiger partial charge in [0, 0.05) is 16.5 Å². The molecule has 4 aromatic heterocycles. The van der Waals surface area contributed by atoms with Crippen LogP contribution >= 0.6 is 11.3 Å². The summed E-state index contributed by atoms with van der Waals surface area (Å²) in [6.07, 6.45) is -0.242. The number of aryl methyl sites for hydroxylation is 2. The summed E-state index contributed by atoms with van der Waals surface area (Å²) in [5.74, 6) is 0.557. The highest BCUT2D eigenvalue weighted by molar-refractivity contribution is 7.18. The summed E-state index contributed by atoms with van der Waals surface area (Å²) in [6, 6.07) is 0.655. The van der Waals surface area contributed by atoms with Gasteiger partial charge in [-0.2, -0.15) is 18.3 Å². The molecular formula is C19H19F3N6S. The maximum atomic E-state index is 13.2. The van der Waals surface area contributed by atoms with E-state index in [1.165, 1.54) is 21.2 Å². The molecule has 0 radical (unpaired) electrons. The molecule has 4 heterocycles. The lowest BCUT2D eigenvalue weighted by molar-refractivity contribution is -0.141. The van der Waals surface area contributed by atoms with Crippen molar-refractivity contribution in [3.63, 3.8) is 0 Å². The Hall–Kier alpha value is -2.49. The van der Waals surface area contributed by atoms with Crippen LogP contribution in [0.5, 0.6) is 0 Å². The molecule has 1 fully saturated rings. The fraction of sp³-hybridized carbons (Fsp3) is 0.474. The van der Waals surface area contributed by atoms with Gasteiger partial charge in [-0.15, -0.1) is 16.4 Å². The van der Waals surface area contributed by atoms with Crippen molar-refractivity contribution in [3.05, 3.63) is 40.0 Å². The van der Waals surface area contributed by atoms with Gasteiger partial charge in [0.15, 0.2) is 17.2 Å². The van der Waals surface area contributed by atoms with Gasteiger partial charge in [0.25, 0.3) is 0 Å². The van der Waals surface area contributed by atoms with E-state index in [0.29, 0.717) is 17.2 Å². The second kappa shape index (κ2) is 6.25. The zero-order chi connectivity index (χ0) is 20.5. The number of halogens is 3. The molecule has 152 valence electrons. The molecule has 0 aliphatic heterocycles. The van der Waals surface area contributed by atoms with Gasteiger partial charge in [0.1, 0.15) is 17.2 Å². The average molecular weight is 420 g/mol. The fourth-order valence-electron chi connectivity index (χ4n) is 3.84. The first-order valence-electron chi connectivity index (χ1n) is 9.57. The number of fused-ring (bicyclic) bond motifs is 3. The molecule has 0 aromatic carbocycles. The van der Waals surface area contributed by atoms with E-state index >= 15 is 0 Å². The lowest BCUT2D eigenvalue weighted by Gasteiger charge is -2.12. The fourth-order valence-corrected chi connectivity index (χ4v) is 4.91. The molecule has 1 aliphatic rings. The van der Waals surface area contributed by atoms with E-state index in [9.17, 15) is 13.2 Å². The molecule has 0 amide bonds. The first kappa shape index (κ1) is 18.5. The van der Waals surface area contributed by atoms with Gasteiger partial charge < -0.3 is 0 Å². The van der Waals surface area contributed by atoms with Gasteiger partial charge in [0.2, 0.25) is 0 Å². The van der Waals surface area contributed by atoms with Crippen LogP contribution in [0, 0.1) is 6.92 Å². The van der Waals surface area contributed by atoms with Crippen LogP contribution in [0.4, 0.5) is 13.2 Å². The van der Waals surface area contributed by atoms with Gasteiger partial charge >= 0.3 is 6.18 Å². The van der Waals surface area contributed by atoms with E-state index in [1.54, 1.807) is 29.1 Å². The molecular weight excluding hydrogens is 401 g/mol. The zero-order valence-electron chi connectivity index (χ0n) is 16.2. The van der Waals surface area contributed by atoms with E-state index in [4.69, 9.17) is 4.98 Å². The van der Waals surface area contributed by atoms with Gasteiger partial charge in [-0.05, 0) is 44.7 Å². The molecule has 6 nitrogen and oxygen atoms in total. The lowest BCUT2D eigenvalue weighted by atomic mass is 10.1. The Balaban J connectivity index is 1.64. The largest absolute Gasteiger partial charge is 0.435 e. The average Bonchev–Trinajstić information content (AvgIpc) is 3.13. The highest BCUT2D eigenvalue weighted by atomic mass is 32.1. The Bertz CT molecular complexity index is 1230. The van der Waals surface area contributed by atoms with Crippen molar-refractivity contribution >= 4 is 27.2 Å². The van der Waals surface area contributed by atoms with E-state index < -0.39 is 17.9 Å². The molecule has 1 atom stereocenters. The molecule has 0 spiro atoms. The zero-order valence-corrected chi connectivity index (χ0v) is 17.0. The van der Waals surface area contributed by atoms with Crippen molar-refractivity contribution in [3.8, 4) is 0 Å². The van der Waals surface area contributed by atoms with E-state index in [0.717, 1.165) is 29.5 Å². The highest BCUT2D eigenvalue weighted by Gasteiger charge is 2.39. The summed E-state index contributed by atoms with van der Waals surface area (Å²) in [7, 11) is 0. The number of alkyl halides is 3. The minimum absolute atomic E-state index is 0.123. The normalized spacial score (nSPS) is 16.2. The summed E-state index contributed by atoms with van der Waals surface area (Å²) in [4.78, 5) is 11.3. The monoisotopic (exact) mass is 420 g/mol. The molecule has 5 rings (SSSR count). The third-order valence-electron chi connectivity index (χ3n) is 5.49. The summed E-state index contributed by atoms with van der Waals surface area (Å²) >= 11 is 1.62. The van der Waals surface area contributed by atoms with Crippen molar-refractivity contribution in [1.82, 2.24) is 29.4 Å². The Morgan fingerprint density at radius 3 is 2.69 bits per heavy atom. The predicted molar refractivity (Wildman–Crippen MR) is 103 cm³/mol. The second-order valence-corrected chi connectivity index (χ2v) is 8.70. The molecule has 1 saturated carbocycles. The quantitative estimate of drug-likeness (QED) is 0.471. The number of rotatable bonds is 4. The van der Waals surface area contributed by atoms with Crippen LogP contribution in [-0.4, -0.2) is 29.4 Å². The Morgan fingerprint density at radius 1 is 1.28 bits per heavy atom. The number of nitrogens with zero attached hydrogens (tertiary/aromatic N) is 6. The second-order valence-electron chi connectivity index (χ2n) is 7.50. The summed E-state index contributed by atoms with van der Waals surface area (Å²) in [5, 5.41) is 9.37. The first-order valence-corrected chi connectivity index (χ1v) is 10.4. The Kier molecular flexibility index (Phi) is 4.00. The molecule has 10 heteroatoms. The van der Waals surface area contributed by atoms with Crippen molar-refractivity contribution in [2.45, 2.75) is 58.2 Å². The maximum Gasteiger partial charge on any atom is 0.435 e. The van der Waals surface area contributed by atoms with Crippen molar-refractivity contribution < 1.29 is 13.2 Å². The Morgan fingerprint density at radius 2 is 2.03 bits per heavy atom. The molecule has 0 unspecified atom stereocenters. The Labute approximate surface area is 168 Å². The third-order valence-corrected chi connectivity index (χ3v) is 6.55. The summed E-state index contributed by atoms with van der Waals surface area (Å²) < 4.78 is 42.8. The topological polar surface area (TPSA) is 60.9 Å². The van der Waals surface area contributed by atoms with Gasteiger partial charge in [-0.25, -0.2) is 14.5 Å². The van der Waals surface area contributed by atoms with Crippen LogP contribution in [0.25, 0.3) is 15.9 Å². The molecule has 4 aromatic rings. The van der Waals surface area contributed by atoms with Crippen LogP contribution in [0.1, 0.15) is 66.3 Å². The van der Waals surface area contributed by atoms with Gasteiger partial charge in [-0.1, -0.05) is 6.92 Å². The van der Waals surface area contributed by atoms with Crippen molar-refractivity contribution in [2.75, 3.05) is 0 Å². The van der Waals surface area contributed by atoms with Crippen LogP contribution in [-0.2, 0) is 12.6 Å². The SMILES string of the molecule is CCc1c(C)sc2ncn3nc([C@@H](C)n4nc(C(F)(F)F)cc4C4CC4)nc3c12. The molecule has 1 aliphatic carbocycles. The van der Waals surface area contributed by atoms with Gasteiger partial charge in [-0.3, -0.25) is 4.68 Å². The first-order chi connectivity index (χ1) is 13.8. The van der Waals surface area contributed by atoms with Gasteiger partial charge in [0.05, 0.1) is 5.39 Å². The number of thiophene rings is 1. The van der Waals surface area contributed by atoms with Crippen LogP contribution < -0.4 is 0 Å². The summed E-state index contributed by atoms with van der Waals surface area (Å²) in [6.45, 7) is 5.94. The van der Waals surface area contributed by atoms with E-state index in [1.807, 2.05) is 0 Å². The summed E-state index contributed by atoms with van der Waals surface area (Å²) in [5.41, 5.74) is 1.62. The smallest absolute Gasteiger partial charge is 0.258 e. The predicted octanol–water partition coefficient (Wildman–Crippen LogP) is 4.91. The minimum Gasteiger partial charge on any atom is -0.258 e. The maximum absolute atomic E-state index is 13.2. The highest BCUT2D eigenvalue weighted by Crippen LogP contribution is 2.43.